The third-order valence-corrected chi connectivity index (χ3v) is 3.73. The maximum atomic E-state index is 5.35. The van der Waals surface area contributed by atoms with Gasteiger partial charge < -0.3 is 10.6 Å². The van der Waals surface area contributed by atoms with Gasteiger partial charge in [0, 0.05) is 12.2 Å². The Labute approximate surface area is 123 Å². The fraction of sp³-hybridized carbons (Fsp3) is 0.562. The van der Waals surface area contributed by atoms with Crippen LogP contribution in [0.15, 0.2) is 24.3 Å². The third kappa shape index (κ3) is 6.06. The molecule has 0 aliphatic carbocycles. The van der Waals surface area contributed by atoms with E-state index in [1.54, 1.807) is 0 Å². The van der Waals surface area contributed by atoms with Crippen LogP contribution in [0.1, 0.15) is 45.1 Å². The van der Waals surface area contributed by atoms with E-state index in [2.05, 4.69) is 43.5 Å². The third-order valence-electron chi connectivity index (χ3n) is 3.49. The maximum absolute atomic E-state index is 5.35. The number of hydrogen-bond donors (Lipinski definition) is 2. The normalized spacial score (nSPS) is 11.9. The molecule has 1 atom stereocenters. The van der Waals surface area contributed by atoms with Gasteiger partial charge in [0.25, 0.3) is 0 Å². The molecule has 0 amide bonds. The Balaban J connectivity index is 2.37. The van der Waals surface area contributed by atoms with Crippen LogP contribution in [0.5, 0.6) is 0 Å². The fourth-order valence-corrected chi connectivity index (χ4v) is 2.25. The van der Waals surface area contributed by atoms with Crippen molar-refractivity contribution in [2.75, 3.05) is 11.9 Å². The summed E-state index contributed by atoms with van der Waals surface area (Å²) in [4.78, 5) is 0. The molecule has 1 rings (SSSR count). The SMILES string of the molecule is CCCCC(CC)CNC(=S)Nc1ccccc1C. The molecule has 2 N–H and O–H groups in total. The molecule has 0 fully saturated rings. The smallest absolute Gasteiger partial charge is 0.170 e. The van der Waals surface area contributed by atoms with E-state index in [-0.39, 0.29) is 0 Å². The molecular formula is C16H26N2S. The van der Waals surface area contributed by atoms with E-state index in [9.17, 15) is 0 Å². The minimum atomic E-state index is 0.719. The number of rotatable bonds is 7. The van der Waals surface area contributed by atoms with Crippen molar-refractivity contribution in [3.8, 4) is 0 Å². The zero-order chi connectivity index (χ0) is 14.1. The summed E-state index contributed by atoms with van der Waals surface area (Å²) in [5, 5.41) is 7.33. The lowest BCUT2D eigenvalue weighted by molar-refractivity contribution is 0.446. The predicted octanol–water partition coefficient (Wildman–Crippen LogP) is 4.50. The van der Waals surface area contributed by atoms with Crippen molar-refractivity contribution in [3.63, 3.8) is 0 Å². The number of aryl methyl sites for hydroxylation is 1. The van der Waals surface area contributed by atoms with Crippen molar-refractivity contribution in [1.29, 1.82) is 0 Å². The lowest BCUT2D eigenvalue weighted by Gasteiger charge is -2.17. The summed E-state index contributed by atoms with van der Waals surface area (Å²) in [6.07, 6.45) is 5.06. The number of unbranched alkanes of at least 4 members (excludes halogenated alkanes) is 1. The van der Waals surface area contributed by atoms with Gasteiger partial charge in [-0.2, -0.15) is 0 Å². The zero-order valence-electron chi connectivity index (χ0n) is 12.3. The van der Waals surface area contributed by atoms with Crippen LogP contribution in [0.25, 0.3) is 0 Å². The number of hydrogen-bond acceptors (Lipinski definition) is 1. The van der Waals surface area contributed by atoms with Crippen LogP contribution in [0, 0.1) is 12.8 Å². The van der Waals surface area contributed by atoms with Crippen LogP contribution in [-0.2, 0) is 0 Å². The van der Waals surface area contributed by atoms with Crippen molar-refractivity contribution >= 4 is 23.0 Å². The summed E-state index contributed by atoms with van der Waals surface area (Å²) in [7, 11) is 0. The summed E-state index contributed by atoms with van der Waals surface area (Å²) in [5.41, 5.74) is 2.30. The molecule has 1 aromatic carbocycles. The zero-order valence-corrected chi connectivity index (χ0v) is 13.1. The van der Waals surface area contributed by atoms with Crippen LogP contribution in [-0.4, -0.2) is 11.7 Å². The van der Waals surface area contributed by atoms with Gasteiger partial charge in [-0.25, -0.2) is 0 Å². The summed E-state index contributed by atoms with van der Waals surface area (Å²) in [6, 6.07) is 8.20. The van der Waals surface area contributed by atoms with Crippen molar-refractivity contribution in [1.82, 2.24) is 5.32 Å². The Morgan fingerprint density at radius 1 is 1.26 bits per heavy atom. The Morgan fingerprint density at radius 2 is 2.00 bits per heavy atom. The van der Waals surface area contributed by atoms with E-state index in [1.807, 2.05) is 12.1 Å². The monoisotopic (exact) mass is 278 g/mol. The van der Waals surface area contributed by atoms with Gasteiger partial charge in [0.2, 0.25) is 0 Å². The number of para-hydroxylation sites is 1. The van der Waals surface area contributed by atoms with E-state index in [0.29, 0.717) is 0 Å². The van der Waals surface area contributed by atoms with Gasteiger partial charge in [0.05, 0.1) is 0 Å². The highest BCUT2D eigenvalue weighted by Crippen LogP contribution is 2.14. The van der Waals surface area contributed by atoms with E-state index >= 15 is 0 Å². The molecule has 2 nitrogen and oxygen atoms in total. The minimum absolute atomic E-state index is 0.719. The van der Waals surface area contributed by atoms with E-state index in [1.165, 1.54) is 31.2 Å². The highest BCUT2D eigenvalue weighted by Gasteiger charge is 2.07. The number of thiocarbonyl (C=S) groups is 1. The standard InChI is InChI=1S/C16H26N2S/c1-4-6-10-14(5-2)12-17-16(19)18-15-11-8-7-9-13(15)3/h7-9,11,14H,4-6,10,12H2,1-3H3,(H2,17,18,19). The Morgan fingerprint density at radius 3 is 2.63 bits per heavy atom. The van der Waals surface area contributed by atoms with Gasteiger partial charge in [0.15, 0.2) is 5.11 Å². The van der Waals surface area contributed by atoms with E-state index in [0.717, 1.165) is 23.3 Å². The molecule has 19 heavy (non-hydrogen) atoms. The first kappa shape index (κ1) is 16.0. The van der Waals surface area contributed by atoms with Gasteiger partial charge in [-0.05, 0) is 43.1 Å². The maximum Gasteiger partial charge on any atom is 0.170 e. The van der Waals surface area contributed by atoms with Crippen LogP contribution in [0.2, 0.25) is 0 Å². The molecule has 0 aliphatic heterocycles. The van der Waals surface area contributed by atoms with Crippen molar-refractivity contribution < 1.29 is 0 Å². The molecule has 3 heteroatoms. The quantitative estimate of drug-likeness (QED) is 0.718. The molecule has 0 radical (unpaired) electrons. The molecule has 0 saturated carbocycles. The Kier molecular flexibility index (Phi) is 7.49. The average molecular weight is 278 g/mol. The second kappa shape index (κ2) is 8.92. The molecule has 106 valence electrons. The highest BCUT2D eigenvalue weighted by atomic mass is 32.1. The first-order chi connectivity index (χ1) is 9.17. The summed E-state index contributed by atoms with van der Waals surface area (Å²) >= 11 is 5.35. The predicted molar refractivity (Wildman–Crippen MR) is 88.7 cm³/mol. The van der Waals surface area contributed by atoms with Crippen molar-refractivity contribution in [3.05, 3.63) is 29.8 Å². The molecular weight excluding hydrogens is 252 g/mol. The summed E-state index contributed by atoms with van der Waals surface area (Å²) in [6.45, 7) is 7.54. The summed E-state index contributed by atoms with van der Waals surface area (Å²) in [5.74, 6) is 0.719. The van der Waals surface area contributed by atoms with Gasteiger partial charge in [-0.1, -0.05) is 51.3 Å². The molecule has 0 heterocycles. The molecule has 1 aromatic rings. The van der Waals surface area contributed by atoms with Crippen molar-refractivity contribution in [2.45, 2.75) is 46.5 Å². The lowest BCUT2D eigenvalue weighted by atomic mass is 9.99. The number of nitrogens with one attached hydrogen (secondary N) is 2. The Bertz CT molecular complexity index is 390. The molecule has 0 spiro atoms. The van der Waals surface area contributed by atoms with Crippen LogP contribution < -0.4 is 10.6 Å². The molecule has 0 aromatic heterocycles. The van der Waals surface area contributed by atoms with Crippen LogP contribution in [0.4, 0.5) is 5.69 Å². The van der Waals surface area contributed by atoms with E-state index < -0.39 is 0 Å². The molecule has 0 bridgehead atoms. The topological polar surface area (TPSA) is 24.1 Å². The second-order valence-corrected chi connectivity index (χ2v) is 5.47. The van der Waals surface area contributed by atoms with Gasteiger partial charge in [0.1, 0.15) is 0 Å². The minimum Gasteiger partial charge on any atom is -0.362 e. The van der Waals surface area contributed by atoms with Crippen LogP contribution >= 0.6 is 12.2 Å². The number of benzene rings is 1. The lowest BCUT2D eigenvalue weighted by Crippen LogP contribution is -2.32. The molecule has 0 aliphatic rings. The fourth-order valence-electron chi connectivity index (χ4n) is 2.06. The highest BCUT2D eigenvalue weighted by molar-refractivity contribution is 7.80. The van der Waals surface area contributed by atoms with Crippen LogP contribution in [0.3, 0.4) is 0 Å². The van der Waals surface area contributed by atoms with Gasteiger partial charge in [-0.15, -0.1) is 0 Å². The second-order valence-electron chi connectivity index (χ2n) is 5.07. The molecule has 1 unspecified atom stereocenters. The molecule has 0 saturated heterocycles. The van der Waals surface area contributed by atoms with Gasteiger partial charge >= 0.3 is 0 Å². The first-order valence-electron chi connectivity index (χ1n) is 7.27. The number of anilines is 1. The van der Waals surface area contributed by atoms with Crippen molar-refractivity contribution in [2.24, 2.45) is 5.92 Å². The van der Waals surface area contributed by atoms with Gasteiger partial charge in [-0.3, -0.25) is 0 Å². The van der Waals surface area contributed by atoms with E-state index in [4.69, 9.17) is 12.2 Å². The average Bonchev–Trinajstić information content (AvgIpc) is 2.41. The largest absolute Gasteiger partial charge is 0.362 e. The Hall–Kier alpha value is -1.09. The first-order valence-corrected chi connectivity index (χ1v) is 7.68. The summed E-state index contributed by atoms with van der Waals surface area (Å²) < 4.78 is 0.